The fraction of sp³-hybridized carbons (Fsp3) is 0.455. The second-order valence-corrected chi connectivity index (χ2v) is 4.55. The average Bonchev–Trinajstić information content (AvgIpc) is 2.05. The Kier molecular flexibility index (Phi) is 3.85. The van der Waals surface area contributed by atoms with E-state index in [4.69, 9.17) is 0 Å². The Hall–Kier alpha value is -0.248. The van der Waals surface area contributed by atoms with Gasteiger partial charge in [0.05, 0.1) is 0 Å². The third kappa shape index (κ3) is 2.37. The molecule has 64 valence electrons. The molecule has 0 amide bonds. The van der Waals surface area contributed by atoms with E-state index in [0.29, 0.717) is 0 Å². The summed E-state index contributed by atoms with van der Waals surface area (Å²) in [7, 11) is 0. The molecule has 1 aromatic rings. The van der Waals surface area contributed by atoms with Crippen LogP contribution in [0, 0.1) is 6.92 Å². The van der Waals surface area contributed by atoms with E-state index in [2.05, 4.69) is 38.1 Å². The standard InChI is InChI=1S/C11H15.Al.2H/c1-4-9(2)11-8-6-5-7-10(11)3;;;/h5-9H,1,4H2,2-3H3;;;. The molecule has 0 aliphatic rings. The molecule has 0 aromatic heterocycles. The summed E-state index contributed by atoms with van der Waals surface area (Å²) in [4.78, 5) is 0. The lowest BCUT2D eigenvalue weighted by Crippen LogP contribution is -1.95. The van der Waals surface area contributed by atoms with Gasteiger partial charge in [0.2, 0.25) is 16.3 Å². The minimum atomic E-state index is 0.753. The van der Waals surface area contributed by atoms with Gasteiger partial charge in [0.15, 0.2) is 0 Å². The molecule has 0 aliphatic carbocycles. The van der Waals surface area contributed by atoms with Gasteiger partial charge in [-0.1, -0.05) is 37.6 Å². The molecule has 1 atom stereocenters. The number of rotatable bonds is 3. The quantitative estimate of drug-likeness (QED) is 0.621. The first-order chi connectivity index (χ1) is 5.75. The van der Waals surface area contributed by atoms with Crippen molar-refractivity contribution in [1.29, 1.82) is 0 Å². The molecule has 0 radical (unpaired) electrons. The molecule has 0 aliphatic heterocycles. The van der Waals surface area contributed by atoms with Crippen molar-refractivity contribution in [3.05, 3.63) is 35.4 Å². The van der Waals surface area contributed by atoms with Gasteiger partial charge in [0.25, 0.3) is 0 Å². The van der Waals surface area contributed by atoms with Gasteiger partial charge >= 0.3 is 0 Å². The van der Waals surface area contributed by atoms with Crippen LogP contribution in [0.5, 0.6) is 0 Å². The molecule has 1 aromatic carbocycles. The highest BCUT2D eigenvalue weighted by Crippen LogP contribution is 2.22. The average molecular weight is 176 g/mol. The van der Waals surface area contributed by atoms with Crippen molar-refractivity contribution in [3.63, 3.8) is 0 Å². The third-order valence-corrected chi connectivity index (χ3v) is 3.02. The van der Waals surface area contributed by atoms with Crippen molar-refractivity contribution in [2.24, 2.45) is 0 Å². The van der Waals surface area contributed by atoms with Crippen LogP contribution >= 0.6 is 0 Å². The Balaban J connectivity index is 2.79. The largest absolute Gasteiger partial charge is 0.211 e. The van der Waals surface area contributed by atoms with Crippen LogP contribution in [0.4, 0.5) is 0 Å². The molecule has 1 heteroatoms. The third-order valence-electron chi connectivity index (χ3n) is 2.44. The topological polar surface area (TPSA) is 0 Å². The summed E-state index contributed by atoms with van der Waals surface area (Å²) in [6.07, 6.45) is 1.36. The zero-order chi connectivity index (χ0) is 8.97. The fourth-order valence-corrected chi connectivity index (χ4v) is 2.59. The molecule has 1 rings (SSSR count). The zero-order valence-electron chi connectivity index (χ0n) is 8.30. The maximum absolute atomic E-state index is 2.33. The van der Waals surface area contributed by atoms with E-state index in [-0.39, 0.29) is 0 Å². The van der Waals surface area contributed by atoms with E-state index in [0.717, 1.165) is 5.92 Å². The number of aryl methyl sites for hydroxylation is 1. The summed E-state index contributed by atoms with van der Waals surface area (Å²) in [5, 5.41) is 1.41. The van der Waals surface area contributed by atoms with Gasteiger partial charge in [0.1, 0.15) is 0 Å². The SMILES string of the molecule is Cc1ccccc1C(C)C[CH2][AlH2]. The lowest BCUT2D eigenvalue weighted by Gasteiger charge is -2.12. The molecule has 0 bridgehead atoms. The van der Waals surface area contributed by atoms with Gasteiger partial charge < -0.3 is 0 Å². The normalized spacial score (nSPS) is 12.8. The van der Waals surface area contributed by atoms with Gasteiger partial charge in [-0.3, -0.25) is 0 Å². The van der Waals surface area contributed by atoms with Crippen molar-refractivity contribution in [1.82, 2.24) is 0 Å². The fourth-order valence-electron chi connectivity index (χ4n) is 1.73. The van der Waals surface area contributed by atoms with Crippen LogP contribution in [0.3, 0.4) is 0 Å². The van der Waals surface area contributed by atoms with E-state index in [9.17, 15) is 0 Å². The molecule has 0 spiro atoms. The number of hydrogen-bond donors (Lipinski definition) is 0. The summed E-state index contributed by atoms with van der Waals surface area (Å²) in [5.41, 5.74) is 2.98. The molecular formula is C11H17Al. The number of benzene rings is 1. The molecule has 12 heavy (non-hydrogen) atoms. The molecule has 0 fully saturated rings. The molecular weight excluding hydrogens is 159 g/mol. The molecule has 0 nitrogen and oxygen atoms in total. The van der Waals surface area contributed by atoms with Gasteiger partial charge in [0, 0.05) is 0 Å². The Labute approximate surface area is 83.4 Å². The van der Waals surface area contributed by atoms with Gasteiger partial charge in [-0.25, -0.2) is 0 Å². The van der Waals surface area contributed by atoms with E-state index in [1.807, 2.05) is 0 Å². The van der Waals surface area contributed by atoms with Crippen LogP contribution in [0.15, 0.2) is 24.3 Å². The highest BCUT2D eigenvalue weighted by Gasteiger charge is 2.05. The van der Waals surface area contributed by atoms with Crippen molar-refractivity contribution < 1.29 is 0 Å². The van der Waals surface area contributed by atoms with Gasteiger partial charge in [-0.15, -0.1) is 5.28 Å². The van der Waals surface area contributed by atoms with Gasteiger partial charge in [-0.05, 0) is 24.0 Å². The maximum Gasteiger partial charge on any atom is 0.211 e. The van der Waals surface area contributed by atoms with E-state index < -0.39 is 0 Å². The van der Waals surface area contributed by atoms with Crippen molar-refractivity contribution >= 4 is 16.3 Å². The monoisotopic (exact) mass is 176 g/mol. The molecule has 0 N–H and O–H groups in total. The van der Waals surface area contributed by atoms with Crippen LogP contribution < -0.4 is 0 Å². The van der Waals surface area contributed by atoms with E-state index in [1.165, 1.54) is 39.1 Å². The van der Waals surface area contributed by atoms with Crippen molar-refractivity contribution in [2.45, 2.75) is 31.5 Å². The maximum atomic E-state index is 2.33. The van der Waals surface area contributed by atoms with E-state index >= 15 is 0 Å². The summed E-state index contributed by atoms with van der Waals surface area (Å²) in [6.45, 7) is 4.54. The lowest BCUT2D eigenvalue weighted by atomic mass is 9.94. The van der Waals surface area contributed by atoms with E-state index in [1.54, 1.807) is 0 Å². The molecule has 0 heterocycles. The van der Waals surface area contributed by atoms with Crippen LogP contribution in [0.25, 0.3) is 0 Å². The first kappa shape index (κ1) is 9.84. The highest BCUT2D eigenvalue weighted by molar-refractivity contribution is 6.08. The zero-order valence-corrected chi connectivity index (χ0v) is 10.3. The summed E-state index contributed by atoms with van der Waals surface area (Å²) >= 11 is 1.34. The second-order valence-electron chi connectivity index (χ2n) is 3.55. The molecule has 1 unspecified atom stereocenters. The van der Waals surface area contributed by atoms with Crippen molar-refractivity contribution in [3.8, 4) is 0 Å². The first-order valence-electron chi connectivity index (χ1n) is 4.81. The predicted octanol–water partition coefficient (Wildman–Crippen LogP) is 2.54. The van der Waals surface area contributed by atoms with Crippen LogP contribution in [0.2, 0.25) is 5.28 Å². The van der Waals surface area contributed by atoms with Crippen LogP contribution in [-0.4, -0.2) is 16.3 Å². The Bertz CT molecular complexity index is 243. The predicted molar refractivity (Wildman–Crippen MR) is 57.6 cm³/mol. The first-order valence-corrected chi connectivity index (χ1v) is 6.22. The Morgan fingerprint density at radius 3 is 2.58 bits per heavy atom. The minimum Gasteiger partial charge on any atom is -0.101 e. The minimum absolute atomic E-state index is 0.753. The highest BCUT2D eigenvalue weighted by atomic mass is 27.0. The molecule has 0 saturated heterocycles. The second kappa shape index (κ2) is 4.70. The summed E-state index contributed by atoms with van der Waals surface area (Å²) in [5.74, 6) is 0.753. The summed E-state index contributed by atoms with van der Waals surface area (Å²) < 4.78 is 0. The lowest BCUT2D eigenvalue weighted by molar-refractivity contribution is 0.727. The summed E-state index contributed by atoms with van der Waals surface area (Å²) in [6, 6.07) is 8.73. The van der Waals surface area contributed by atoms with Gasteiger partial charge in [-0.2, -0.15) is 0 Å². The van der Waals surface area contributed by atoms with Crippen molar-refractivity contribution in [2.75, 3.05) is 0 Å². The Morgan fingerprint density at radius 1 is 1.33 bits per heavy atom. The van der Waals surface area contributed by atoms with Crippen LogP contribution in [-0.2, 0) is 0 Å². The molecule has 0 saturated carbocycles. The Morgan fingerprint density at radius 2 is 2.00 bits per heavy atom. The smallest absolute Gasteiger partial charge is 0.101 e. The number of hydrogen-bond acceptors (Lipinski definition) is 0. The van der Waals surface area contributed by atoms with Crippen LogP contribution in [0.1, 0.15) is 30.4 Å².